The molecule has 0 spiro atoms. The fourth-order valence-electron chi connectivity index (χ4n) is 3.76. The third kappa shape index (κ3) is 3.71. The zero-order chi connectivity index (χ0) is 16.4. The lowest BCUT2D eigenvalue weighted by Crippen LogP contribution is -2.42. The lowest BCUT2D eigenvalue weighted by Gasteiger charge is -2.33. The van der Waals surface area contributed by atoms with Crippen LogP contribution in [0.25, 0.3) is 0 Å². The maximum Gasteiger partial charge on any atom is 0.272 e. The Hall–Kier alpha value is -1.49. The Bertz CT molecular complexity index is 566. The van der Waals surface area contributed by atoms with Gasteiger partial charge in [-0.1, -0.05) is 0 Å². The molecular formula is C18H28N4O. The van der Waals surface area contributed by atoms with Crippen molar-refractivity contribution in [3.63, 3.8) is 0 Å². The lowest BCUT2D eigenvalue weighted by atomic mass is 9.93. The Balaban J connectivity index is 1.81. The predicted octanol–water partition coefficient (Wildman–Crippen LogP) is 2.61. The van der Waals surface area contributed by atoms with Crippen molar-refractivity contribution in [3.05, 3.63) is 23.3 Å². The third-order valence-electron chi connectivity index (χ3n) is 5.28. The van der Waals surface area contributed by atoms with Crippen LogP contribution in [-0.2, 0) is 0 Å². The van der Waals surface area contributed by atoms with Crippen LogP contribution in [0, 0.1) is 6.92 Å². The second-order valence-corrected chi connectivity index (χ2v) is 7.15. The zero-order valence-corrected chi connectivity index (χ0v) is 14.6. The molecule has 0 unspecified atom stereocenters. The molecule has 3 rings (SSSR count). The average Bonchev–Trinajstić information content (AvgIpc) is 2.55. The maximum atomic E-state index is 12.9. The number of amides is 1. The molecule has 5 nitrogen and oxygen atoms in total. The van der Waals surface area contributed by atoms with E-state index in [4.69, 9.17) is 0 Å². The van der Waals surface area contributed by atoms with Gasteiger partial charge >= 0.3 is 0 Å². The Labute approximate surface area is 139 Å². The van der Waals surface area contributed by atoms with Gasteiger partial charge < -0.3 is 9.80 Å². The average molecular weight is 316 g/mol. The standard InChI is InChI=1S/C18H28N4O/c1-13-6-4-5-9-22(13)18(23)17-12-16(19-14(2)20-17)15-7-10-21(3)11-8-15/h12-13,15H,4-11H2,1-3H3/t13-/m1/s1. The number of hydrogen-bond donors (Lipinski definition) is 0. The molecular weight excluding hydrogens is 288 g/mol. The number of carbonyl (C=O) groups excluding carboxylic acids is 1. The monoisotopic (exact) mass is 316 g/mol. The summed E-state index contributed by atoms with van der Waals surface area (Å²) in [5.74, 6) is 1.25. The van der Waals surface area contributed by atoms with E-state index >= 15 is 0 Å². The molecule has 2 fully saturated rings. The molecule has 0 N–H and O–H groups in total. The van der Waals surface area contributed by atoms with E-state index in [2.05, 4.69) is 28.8 Å². The topological polar surface area (TPSA) is 49.3 Å². The molecule has 23 heavy (non-hydrogen) atoms. The van der Waals surface area contributed by atoms with E-state index in [1.54, 1.807) is 0 Å². The normalized spacial score (nSPS) is 24.0. The highest BCUT2D eigenvalue weighted by molar-refractivity contribution is 5.92. The van der Waals surface area contributed by atoms with Crippen LogP contribution >= 0.6 is 0 Å². The molecule has 2 saturated heterocycles. The summed E-state index contributed by atoms with van der Waals surface area (Å²) in [6, 6.07) is 2.27. The van der Waals surface area contributed by atoms with Crippen molar-refractivity contribution in [3.8, 4) is 0 Å². The molecule has 1 amide bonds. The van der Waals surface area contributed by atoms with E-state index in [1.165, 1.54) is 6.42 Å². The van der Waals surface area contributed by atoms with Crippen LogP contribution in [0.2, 0.25) is 0 Å². The summed E-state index contributed by atoms with van der Waals surface area (Å²) in [6.07, 6.45) is 5.63. The Morgan fingerprint density at radius 3 is 2.57 bits per heavy atom. The summed E-state index contributed by atoms with van der Waals surface area (Å²) in [7, 11) is 2.16. The summed E-state index contributed by atoms with van der Waals surface area (Å²) < 4.78 is 0. The van der Waals surface area contributed by atoms with Gasteiger partial charge in [0, 0.05) is 24.2 Å². The van der Waals surface area contributed by atoms with E-state index in [0.717, 1.165) is 56.8 Å². The van der Waals surface area contributed by atoms with Gasteiger partial charge in [0.1, 0.15) is 11.5 Å². The van der Waals surface area contributed by atoms with Gasteiger partial charge in [0.2, 0.25) is 0 Å². The summed E-state index contributed by atoms with van der Waals surface area (Å²) in [6.45, 7) is 7.09. The Morgan fingerprint density at radius 2 is 1.87 bits per heavy atom. The van der Waals surface area contributed by atoms with E-state index in [1.807, 2.05) is 17.9 Å². The summed E-state index contributed by atoms with van der Waals surface area (Å²) >= 11 is 0. The first kappa shape index (κ1) is 16.4. The van der Waals surface area contributed by atoms with Gasteiger partial charge in [-0.25, -0.2) is 9.97 Å². The van der Waals surface area contributed by atoms with Gasteiger partial charge in [-0.15, -0.1) is 0 Å². The first-order valence-corrected chi connectivity index (χ1v) is 8.89. The van der Waals surface area contributed by atoms with Crippen LogP contribution in [0.4, 0.5) is 0 Å². The Kier molecular flexibility index (Phi) is 4.95. The molecule has 5 heteroatoms. The largest absolute Gasteiger partial charge is 0.335 e. The van der Waals surface area contributed by atoms with Crippen molar-refractivity contribution in [1.29, 1.82) is 0 Å². The van der Waals surface area contributed by atoms with Crippen molar-refractivity contribution >= 4 is 5.91 Å². The van der Waals surface area contributed by atoms with Crippen LogP contribution in [0.3, 0.4) is 0 Å². The molecule has 0 bridgehead atoms. The minimum absolute atomic E-state index is 0.0804. The highest BCUT2D eigenvalue weighted by Gasteiger charge is 2.27. The first-order valence-electron chi connectivity index (χ1n) is 8.89. The number of aromatic nitrogens is 2. The van der Waals surface area contributed by atoms with E-state index in [9.17, 15) is 4.79 Å². The van der Waals surface area contributed by atoms with E-state index in [0.29, 0.717) is 17.7 Å². The lowest BCUT2D eigenvalue weighted by molar-refractivity contribution is 0.0628. The molecule has 2 aliphatic heterocycles. The highest BCUT2D eigenvalue weighted by atomic mass is 16.2. The minimum Gasteiger partial charge on any atom is -0.335 e. The summed E-state index contributed by atoms with van der Waals surface area (Å²) in [5.41, 5.74) is 1.64. The molecule has 0 radical (unpaired) electrons. The van der Waals surface area contributed by atoms with Crippen LogP contribution in [0.15, 0.2) is 6.07 Å². The fraction of sp³-hybridized carbons (Fsp3) is 0.722. The molecule has 3 heterocycles. The van der Waals surface area contributed by atoms with E-state index < -0.39 is 0 Å². The summed E-state index contributed by atoms with van der Waals surface area (Å²) in [5, 5.41) is 0. The van der Waals surface area contributed by atoms with Crippen molar-refractivity contribution < 1.29 is 4.79 Å². The van der Waals surface area contributed by atoms with Crippen molar-refractivity contribution in [2.45, 2.75) is 57.9 Å². The SMILES string of the molecule is Cc1nc(C(=O)N2CCCC[C@H]2C)cc(C2CCN(C)CC2)n1. The molecule has 0 saturated carbocycles. The summed E-state index contributed by atoms with van der Waals surface area (Å²) in [4.78, 5) is 26.3. The molecule has 1 aromatic heterocycles. The number of hydrogen-bond acceptors (Lipinski definition) is 4. The van der Waals surface area contributed by atoms with E-state index in [-0.39, 0.29) is 5.91 Å². The smallest absolute Gasteiger partial charge is 0.272 e. The number of carbonyl (C=O) groups is 1. The van der Waals surface area contributed by atoms with Crippen molar-refractivity contribution in [1.82, 2.24) is 19.8 Å². The van der Waals surface area contributed by atoms with Crippen molar-refractivity contribution in [2.75, 3.05) is 26.7 Å². The van der Waals surface area contributed by atoms with Crippen LogP contribution in [0.1, 0.15) is 67.0 Å². The van der Waals surface area contributed by atoms with Crippen LogP contribution in [-0.4, -0.2) is 58.4 Å². The van der Waals surface area contributed by atoms with Gasteiger partial charge in [-0.05, 0) is 72.2 Å². The number of rotatable bonds is 2. The van der Waals surface area contributed by atoms with Gasteiger partial charge in [0.15, 0.2) is 0 Å². The Morgan fingerprint density at radius 1 is 1.13 bits per heavy atom. The van der Waals surface area contributed by atoms with Gasteiger partial charge in [-0.2, -0.15) is 0 Å². The predicted molar refractivity (Wildman–Crippen MR) is 90.6 cm³/mol. The quantitative estimate of drug-likeness (QED) is 0.841. The number of likely N-dealkylation sites (tertiary alicyclic amines) is 2. The van der Waals surface area contributed by atoms with Crippen LogP contribution in [0.5, 0.6) is 0 Å². The third-order valence-corrected chi connectivity index (χ3v) is 5.28. The van der Waals surface area contributed by atoms with Gasteiger partial charge in [0.25, 0.3) is 5.91 Å². The highest BCUT2D eigenvalue weighted by Crippen LogP contribution is 2.27. The fourth-order valence-corrected chi connectivity index (χ4v) is 3.76. The first-order chi connectivity index (χ1) is 11.0. The maximum absolute atomic E-state index is 12.9. The molecule has 1 atom stereocenters. The number of aryl methyl sites for hydroxylation is 1. The second-order valence-electron chi connectivity index (χ2n) is 7.15. The van der Waals surface area contributed by atoms with Crippen molar-refractivity contribution in [2.24, 2.45) is 0 Å². The minimum atomic E-state index is 0.0804. The van der Waals surface area contributed by atoms with Crippen LogP contribution < -0.4 is 0 Å². The second kappa shape index (κ2) is 6.95. The molecule has 126 valence electrons. The van der Waals surface area contributed by atoms with Gasteiger partial charge in [-0.3, -0.25) is 4.79 Å². The molecule has 2 aliphatic rings. The molecule has 0 aromatic carbocycles. The number of piperidine rings is 2. The molecule has 1 aromatic rings. The van der Waals surface area contributed by atoms with Gasteiger partial charge in [0.05, 0.1) is 0 Å². The number of nitrogens with zero attached hydrogens (tertiary/aromatic N) is 4. The zero-order valence-electron chi connectivity index (χ0n) is 14.6. The molecule has 0 aliphatic carbocycles.